The van der Waals surface area contributed by atoms with Gasteiger partial charge in [0.2, 0.25) is 15.9 Å². The van der Waals surface area contributed by atoms with Crippen LogP contribution >= 0.6 is 0 Å². The average molecular weight is 285 g/mol. The fraction of sp³-hybridized carbons (Fsp3) is 0.417. The van der Waals surface area contributed by atoms with E-state index >= 15 is 0 Å². The number of benzene rings is 1. The lowest BCUT2D eigenvalue weighted by Gasteiger charge is -2.17. The van der Waals surface area contributed by atoms with E-state index < -0.39 is 22.0 Å². The van der Waals surface area contributed by atoms with Crippen molar-refractivity contribution < 1.29 is 13.2 Å². The molecular formula is C12H19N3O3S. The van der Waals surface area contributed by atoms with Gasteiger partial charge in [0.25, 0.3) is 0 Å². The molecule has 1 atom stereocenters. The molecule has 5 N–H and O–H groups in total. The van der Waals surface area contributed by atoms with E-state index in [2.05, 4.69) is 4.72 Å². The van der Waals surface area contributed by atoms with E-state index in [1.807, 2.05) is 0 Å². The van der Waals surface area contributed by atoms with Crippen LogP contribution in [0.3, 0.4) is 0 Å². The number of nitrogens with one attached hydrogen (secondary N) is 1. The van der Waals surface area contributed by atoms with Gasteiger partial charge < -0.3 is 11.5 Å². The summed E-state index contributed by atoms with van der Waals surface area (Å²) in [5, 5.41) is 0. The highest BCUT2D eigenvalue weighted by atomic mass is 32.2. The van der Waals surface area contributed by atoms with Crippen molar-refractivity contribution in [2.45, 2.75) is 38.6 Å². The minimum Gasteiger partial charge on any atom is -0.398 e. The van der Waals surface area contributed by atoms with Gasteiger partial charge in [0.15, 0.2) is 0 Å². The Morgan fingerprint density at radius 1 is 1.26 bits per heavy atom. The van der Waals surface area contributed by atoms with Crippen LogP contribution in [0.2, 0.25) is 0 Å². The SMILES string of the molecule is Cc1cc(N)c(C)c(S(=O)(=O)NC(C)C(N)=O)c1C. The number of hydrogen-bond acceptors (Lipinski definition) is 4. The van der Waals surface area contributed by atoms with Crippen LogP contribution in [-0.4, -0.2) is 20.4 Å². The zero-order valence-electron chi connectivity index (χ0n) is 11.4. The lowest BCUT2D eigenvalue weighted by Crippen LogP contribution is -2.42. The number of primary amides is 1. The highest BCUT2D eigenvalue weighted by molar-refractivity contribution is 7.89. The number of nitrogens with two attached hydrogens (primary N) is 2. The number of carbonyl (C=O) groups excluding carboxylic acids is 1. The van der Waals surface area contributed by atoms with Crippen LogP contribution in [0.25, 0.3) is 0 Å². The Morgan fingerprint density at radius 3 is 2.26 bits per heavy atom. The van der Waals surface area contributed by atoms with Gasteiger partial charge in [-0.05, 0) is 50.5 Å². The Hall–Kier alpha value is -1.60. The van der Waals surface area contributed by atoms with Gasteiger partial charge in [-0.25, -0.2) is 8.42 Å². The first-order valence-electron chi connectivity index (χ1n) is 5.76. The van der Waals surface area contributed by atoms with Crippen LogP contribution in [0.1, 0.15) is 23.6 Å². The Labute approximate surface area is 113 Å². The topological polar surface area (TPSA) is 115 Å². The first-order valence-corrected chi connectivity index (χ1v) is 7.24. The predicted octanol–water partition coefficient (Wildman–Crippen LogP) is 0.346. The molecule has 0 aliphatic rings. The van der Waals surface area contributed by atoms with Crippen molar-refractivity contribution in [1.82, 2.24) is 4.72 Å². The van der Waals surface area contributed by atoms with E-state index in [4.69, 9.17) is 11.5 Å². The number of nitrogen functional groups attached to an aromatic ring is 1. The van der Waals surface area contributed by atoms with Crippen LogP contribution in [0.4, 0.5) is 5.69 Å². The van der Waals surface area contributed by atoms with Gasteiger partial charge in [0, 0.05) is 5.69 Å². The summed E-state index contributed by atoms with van der Waals surface area (Å²) >= 11 is 0. The normalized spacial score (nSPS) is 13.3. The molecule has 1 amide bonds. The molecular weight excluding hydrogens is 266 g/mol. The number of sulfonamides is 1. The molecule has 0 spiro atoms. The fourth-order valence-electron chi connectivity index (χ4n) is 1.79. The van der Waals surface area contributed by atoms with E-state index in [0.717, 1.165) is 5.56 Å². The van der Waals surface area contributed by atoms with Crippen LogP contribution in [-0.2, 0) is 14.8 Å². The maximum absolute atomic E-state index is 12.3. The third-order valence-electron chi connectivity index (χ3n) is 3.11. The zero-order valence-corrected chi connectivity index (χ0v) is 12.3. The summed E-state index contributed by atoms with van der Waals surface area (Å²) in [5.74, 6) is -0.737. The lowest BCUT2D eigenvalue weighted by molar-refractivity contribution is -0.119. The number of rotatable bonds is 4. The Bertz CT molecular complexity index is 597. The van der Waals surface area contributed by atoms with Crippen molar-refractivity contribution in [3.8, 4) is 0 Å². The van der Waals surface area contributed by atoms with Crippen LogP contribution in [0.15, 0.2) is 11.0 Å². The van der Waals surface area contributed by atoms with Gasteiger partial charge in [-0.2, -0.15) is 4.72 Å². The van der Waals surface area contributed by atoms with Crippen LogP contribution in [0.5, 0.6) is 0 Å². The zero-order chi connectivity index (χ0) is 15.0. The van der Waals surface area contributed by atoms with Gasteiger partial charge in [-0.3, -0.25) is 4.79 Å². The van der Waals surface area contributed by atoms with Crippen molar-refractivity contribution in [1.29, 1.82) is 0 Å². The van der Waals surface area contributed by atoms with E-state index in [1.54, 1.807) is 26.8 Å². The van der Waals surface area contributed by atoms with Gasteiger partial charge in [-0.15, -0.1) is 0 Å². The van der Waals surface area contributed by atoms with Crippen molar-refractivity contribution >= 4 is 21.6 Å². The Morgan fingerprint density at radius 2 is 1.79 bits per heavy atom. The molecule has 19 heavy (non-hydrogen) atoms. The number of anilines is 1. The molecule has 7 heteroatoms. The smallest absolute Gasteiger partial charge is 0.241 e. The summed E-state index contributed by atoms with van der Waals surface area (Å²) in [4.78, 5) is 11.1. The molecule has 0 aliphatic carbocycles. The number of hydrogen-bond donors (Lipinski definition) is 3. The van der Waals surface area contributed by atoms with E-state index in [9.17, 15) is 13.2 Å². The molecule has 106 valence electrons. The highest BCUT2D eigenvalue weighted by Gasteiger charge is 2.25. The van der Waals surface area contributed by atoms with Gasteiger partial charge in [0.1, 0.15) is 0 Å². The molecule has 1 aromatic rings. The maximum Gasteiger partial charge on any atom is 0.241 e. The first-order chi connectivity index (χ1) is 8.58. The van der Waals surface area contributed by atoms with Gasteiger partial charge in [0.05, 0.1) is 10.9 Å². The summed E-state index contributed by atoms with van der Waals surface area (Å²) < 4.78 is 26.9. The largest absolute Gasteiger partial charge is 0.398 e. The standard InChI is InChI=1S/C12H19N3O3S/c1-6-5-10(13)8(3)11(7(6)2)19(17,18)15-9(4)12(14)16/h5,9,15H,13H2,1-4H3,(H2,14,16). The Kier molecular flexibility index (Phi) is 4.21. The van der Waals surface area contributed by atoms with Crippen molar-refractivity contribution in [2.24, 2.45) is 5.73 Å². The molecule has 0 fully saturated rings. The molecule has 0 aliphatic heterocycles. The Balaban J connectivity index is 3.41. The highest BCUT2D eigenvalue weighted by Crippen LogP contribution is 2.27. The summed E-state index contributed by atoms with van der Waals surface area (Å²) in [6, 6.07) is 0.742. The van der Waals surface area contributed by atoms with Crippen molar-refractivity contribution in [2.75, 3.05) is 5.73 Å². The monoisotopic (exact) mass is 285 g/mol. The molecule has 0 heterocycles. The van der Waals surface area contributed by atoms with Crippen molar-refractivity contribution in [3.05, 3.63) is 22.8 Å². The minimum absolute atomic E-state index is 0.109. The molecule has 1 unspecified atom stereocenters. The molecule has 0 saturated carbocycles. The third-order valence-corrected chi connectivity index (χ3v) is 4.92. The van der Waals surface area contributed by atoms with E-state index in [-0.39, 0.29) is 4.90 Å². The number of aryl methyl sites for hydroxylation is 1. The summed E-state index contributed by atoms with van der Waals surface area (Å²) in [6.07, 6.45) is 0. The van der Waals surface area contributed by atoms with Gasteiger partial charge >= 0.3 is 0 Å². The fourth-order valence-corrected chi connectivity index (χ4v) is 3.58. The minimum atomic E-state index is -3.84. The molecule has 0 radical (unpaired) electrons. The average Bonchev–Trinajstić information content (AvgIpc) is 2.25. The molecule has 0 saturated heterocycles. The lowest BCUT2D eigenvalue weighted by atomic mass is 10.1. The molecule has 0 bridgehead atoms. The van der Waals surface area contributed by atoms with Gasteiger partial charge in [-0.1, -0.05) is 0 Å². The van der Waals surface area contributed by atoms with Crippen LogP contribution in [0, 0.1) is 20.8 Å². The third kappa shape index (κ3) is 3.05. The molecule has 0 aromatic heterocycles. The second-order valence-corrected chi connectivity index (χ2v) is 6.26. The molecule has 6 nitrogen and oxygen atoms in total. The van der Waals surface area contributed by atoms with Crippen molar-refractivity contribution in [3.63, 3.8) is 0 Å². The maximum atomic E-state index is 12.3. The number of amides is 1. The second kappa shape index (κ2) is 5.18. The summed E-state index contributed by atoms with van der Waals surface area (Å²) in [6.45, 7) is 6.50. The molecule has 1 aromatic carbocycles. The second-order valence-electron chi connectivity index (χ2n) is 4.61. The summed E-state index contributed by atoms with van der Waals surface area (Å²) in [7, 11) is -3.84. The predicted molar refractivity (Wildman–Crippen MR) is 74.0 cm³/mol. The first kappa shape index (κ1) is 15.5. The summed E-state index contributed by atoms with van der Waals surface area (Å²) in [5.41, 5.74) is 13.1. The van der Waals surface area contributed by atoms with E-state index in [0.29, 0.717) is 16.8 Å². The quantitative estimate of drug-likeness (QED) is 0.692. The molecule has 1 rings (SSSR count). The van der Waals surface area contributed by atoms with E-state index in [1.165, 1.54) is 6.92 Å². The van der Waals surface area contributed by atoms with Crippen LogP contribution < -0.4 is 16.2 Å². The number of carbonyl (C=O) groups is 1.